The van der Waals surface area contributed by atoms with Crippen LogP contribution >= 0.6 is 0 Å². The lowest BCUT2D eigenvalue weighted by Crippen LogP contribution is -2.36. The van der Waals surface area contributed by atoms with E-state index in [4.69, 9.17) is 9.73 Å². The summed E-state index contributed by atoms with van der Waals surface area (Å²) in [4.78, 5) is 20.2. The number of aryl methyl sites for hydroxylation is 2. The number of carbonyl (C=O) groups excluding carboxylic acids is 1. The Bertz CT molecular complexity index is 901. The molecule has 1 aliphatic heterocycles. The predicted octanol–water partition coefficient (Wildman–Crippen LogP) is 4.73. The van der Waals surface area contributed by atoms with Crippen LogP contribution in [0.15, 0.2) is 41.4 Å². The second kappa shape index (κ2) is 6.60. The fraction of sp³-hybridized carbons (Fsp3) is 0.364. The fourth-order valence-electron chi connectivity index (χ4n) is 3.90. The number of anilines is 1. The van der Waals surface area contributed by atoms with Crippen LogP contribution in [-0.4, -0.2) is 18.7 Å². The Morgan fingerprint density at radius 2 is 2.00 bits per heavy atom. The first kappa shape index (κ1) is 16.8. The van der Waals surface area contributed by atoms with E-state index in [1.165, 1.54) is 11.1 Å². The molecule has 1 heterocycles. The molecule has 0 bridgehead atoms. The fourth-order valence-corrected chi connectivity index (χ4v) is 3.90. The summed E-state index contributed by atoms with van der Waals surface area (Å²) in [5.41, 5.74) is 6.33. The van der Waals surface area contributed by atoms with Gasteiger partial charge in [0.2, 0.25) is 5.91 Å². The lowest BCUT2D eigenvalue weighted by molar-refractivity contribution is -0.120. The summed E-state index contributed by atoms with van der Waals surface area (Å²) in [6, 6.07) is 12.1. The summed E-state index contributed by atoms with van der Waals surface area (Å²) >= 11 is 0. The molecule has 1 atom stereocenters. The Labute approximate surface area is 154 Å². The van der Waals surface area contributed by atoms with E-state index in [2.05, 4.69) is 26.0 Å². The summed E-state index contributed by atoms with van der Waals surface area (Å²) in [6.07, 6.45) is 2.87. The van der Waals surface area contributed by atoms with Gasteiger partial charge in [0.05, 0.1) is 30.9 Å². The Balaban J connectivity index is 1.80. The van der Waals surface area contributed by atoms with E-state index in [0.717, 1.165) is 47.7 Å². The van der Waals surface area contributed by atoms with Gasteiger partial charge in [-0.1, -0.05) is 12.1 Å². The van der Waals surface area contributed by atoms with Crippen molar-refractivity contribution in [1.29, 1.82) is 0 Å². The maximum absolute atomic E-state index is 13.4. The smallest absolute Gasteiger partial charge is 0.236 e. The minimum atomic E-state index is -0.0754. The van der Waals surface area contributed by atoms with Crippen molar-refractivity contribution in [3.8, 4) is 5.75 Å². The summed E-state index contributed by atoms with van der Waals surface area (Å²) in [7, 11) is 1.66. The second-order valence-corrected chi connectivity index (χ2v) is 7.25. The average Bonchev–Trinajstić information content (AvgIpc) is 3.07. The number of nitrogens with zero attached hydrogens (tertiary/aromatic N) is 2. The highest BCUT2D eigenvalue weighted by Gasteiger charge is 2.36. The zero-order valence-corrected chi connectivity index (χ0v) is 15.6. The normalized spacial score (nSPS) is 18.9. The van der Waals surface area contributed by atoms with Gasteiger partial charge in [-0.15, -0.1) is 0 Å². The third-order valence-corrected chi connectivity index (χ3v) is 5.51. The van der Waals surface area contributed by atoms with Crippen molar-refractivity contribution in [2.75, 3.05) is 12.0 Å². The zero-order chi connectivity index (χ0) is 18.3. The summed E-state index contributed by atoms with van der Waals surface area (Å²) in [5, 5.41) is 0. The first-order chi connectivity index (χ1) is 12.6. The molecule has 1 saturated carbocycles. The number of rotatable bonds is 3. The van der Waals surface area contributed by atoms with Crippen LogP contribution in [0.3, 0.4) is 0 Å². The SMILES string of the molecule is COc1cccc(CN2C(=O)[C@H]3CCCC3=Nc3cc(C)c(C)cc32)c1. The van der Waals surface area contributed by atoms with Crippen LogP contribution in [-0.2, 0) is 11.3 Å². The van der Waals surface area contributed by atoms with Gasteiger partial charge in [0, 0.05) is 5.71 Å². The van der Waals surface area contributed by atoms with Crippen molar-refractivity contribution >= 4 is 23.0 Å². The highest BCUT2D eigenvalue weighted by atomic mass is 16.5. The van der Waals surface area contributed by atoms with Crippen LogP contribution in [0.1, 0.15) is 36.0 Å². The van der Waals surface area contributed by atoms with Gasteiger partial charge in [0.15, 0.2) is 0 Å². The molecule has 2 aromatic rings. The molecule has 4 heteroatoms. The molecule has 1 aliphatic carbocycles. The van der Waals surface area contributed by atoms with Gasteiger partial charge in [-0.3, -0.25) is 9.79 Å². The number of carbonyl (C=O) groups is 1. The summed E-state index contributed by atoms with van der Waals surface area (Å²) in [6.45, 7) is 4.72. The number of benzene rings is 2. The quantitative estimate of drug-likeness (QED) is 0.804. The molecule has 0 aromatic heterocycles. The third-order valence-electron chi connectivity index (χ3n) is 5.51. The highest BCUT2D eigenvalue weighted by molar-refractivity contribution is 6.15. The molecule has 1 amide bonds. The Morgan fingerprint density at radius 3 is 2.81 bits per heavy atom. The molecule has 1 fully saturated rings. The van der Waals surface area contributed by atoms with E-state index in [0.29, 0.717) is 6.54 Å². The van der Waals surface area contributed by atoms with Crippen LogP contribution in [0.5, 0.6) is 5.75 Å². The van der Waals surface area contributed by atoms with Crippen LogP contribution in [0.2, 0.25) is 0 Å². The van der Waals surface area contributed by atoms with Crippen molar-refractivity contribution in [1.82, 2.24) is 0 Å². The maximum atomic E-state index is 13.4. The minimum Gasteiger partial charge on any atom is -0.497 e. The number of hydrogen-bond donors (Lipinski definition) is 0. The molecule has 0 spiro atoms. The average molecular weight is 348 g/mol. The summed E-state index contributed by atoms with van der Waals surface area (Å²) < 4.78 is 5.34. The van der Waals surface area contributed by atoms with Crippen molar-refractivity contribution < 1.29 is 9.53 Å². The molecule has 0 N–H and O–H groups in total. The Kier molecular flexibility index (Phi) is 4.27. The number of fused-ring (bicyclic) bond motifs is 2. The van der Waals surface area contributed by atoms with Crippen LogP contribution in [0.25, 0.3) is 0 Å². The lowest BCUT2D eigenvalue weighted by Gasteiger charge is -2.26. The van der Waals surface area contributed by atoms with E-state index < -0.39 is 0 Å². The maximum Gasteiger partial charge on any atom is 0.236 e. The van der Waals surface area contributed by atoms with E-state index in [1.54, 1.807) is 7.11 Å². The molecule has 4 nitrogen and oxygen atoms in total. The monoisotopic (exact) mass is 348 g/mol. The van der Waals surface area contributed by atoms with Gasteiger partial charge in [-0.05, 0) is 74.1 Å². The number of ether oxygens (including phenoxy) is 1. The second-order valence-electron chi connectivity index (χ2n) is 7.25. The Morgan fingerprint density at radius 1 is 1.19 bits per heavy atom. The summed E-state index contributed by atoms with van der Waals surface area (Å²) in [5.74, 6) is 0.905. The molecular formula is C22H24N2O2. The molecule has 2 aliphatic rings. The van der Waals surface area contributed by atoms with E-state index >= 15 is 0 Å². The van der Waals surface area contributed by atoms with Crippen molar-refractivity contribution in [3.63, 3.8) is 0 Å². The van der Waals surface area contributed by atoms with E-state index in [-0.39, 0.29) is 11.8 Å². The van der Waals surface area contributed by atoms with Gasteiger partial charge >= 0.3 is 0 Å². The Hall–Kier alpha value is -2.62. The molecule has 0 unspecified atom stereocenters. The molecule has 26 heavy (non-hydrogen) atoms. The van der Waals surface area contributed by atoms with Crippen LogP contribution in [0, 0.1) is 19.8 Å². The third kappa shape index (κ3) is 2.90. The molecule has 0 saturated heterocycles. The highest BCUT2D eigenvalue weighted by Crippen LogP contribution is 2.40. The number of amides is 1. The van der Waals surface area contributed by atoms with Gasteiger partial charge in [-0.2, -0.15) is 0 Å². The number of hydrogen-bond acceptors (Lipinski definition) is 3. The van der Waals surface area contributed by atoms with E-state index in [1.807, 2.05) is 29.2 Å². The molecule has 2 aromatic carbocycles. The molecule has 134 valence electrons. The minimum absolute atomic E-state index is 0.0754. The lowest BCUT2D eigenvalue weighted by atomic mass is 10.0. The van der Waals surface area contributed by atoms with E-state index in [9.17, 15) is 4.79 Å². The standard InChI is InChI=1S/C22H24N2O2/c1-14-10-20-21(11-15(14)2)24(13-16-6-4-7-17(12-16)26-3)22(25)18-8-5-9-19(18)23-20/h4,6-7,10-12,18H,5,8-9,13H2,1-3H3/t18-/m0/s1. The van der Waals surface area contributed by atoms with Gasteiger partial charge < -0.3 is 9.64 Å². The first-order valence-electron chi connectivity index (χ1n) is 9.20. The molecule has 0 radical (unpaired) electrons. The predicted molar refractivity (Wildman–Crippen MR) is 105 cm³/mol. The first-order valence-corrected chi connectivity index (χ1v) is 9.20. The van der Waals surface area contributed by atoms with Gasteiger partial charge in [0.25, 0.3) is 0 Å². The van der Waals surface area contributed by atoms with Gasteiger partial charge in [0.1, 0.15) is 5.75 Å². The topological polar surface area (TPSA) is 41.9 Å². The van der Waals surface area contributed by atoms with Crippen molar-refractivity contribution in [2.45, 2.75) is 39.7 Å². The van der Waals surface area contributed by atoms with Crippen molar-refractivity contribution in [3.05, 3.63) is 53.1 Å². The van der Waals surface area contributed by atoms with Crippen LogP contribution in [0.4, 0.5) is 11.4 Å². The van der Waals surface area contributed by atoms with Crippen LogP contribution < -0.4 is 9.64 Å². The molecule has 4 rings (SSSR count). The van der Waals surface area contributed by atoms with Gasteiger partial charge in [-0.25, -0.2) is 0 Å². The number of methoxy groups -OCH3 is 1. The number of aliphatic imine (C=N–C) groups is 1. The zero-order valence-electron chi connectivity index (χ0n) is 15.6. The molecular weight excluding hydrogens is 324 g/mol. The van der Waals surface area contributed by atoms with Crippen molar-refractivity contribution in [2.24, 2.45) is 10.9 Å². The largest absolute Gasteiger partial charge is 0.497 e.